The zero-order valence-electron chi connectivity index (χ0n) is 17.0. The summed E-state index contributed by atoms with van der Waals surface area (Å²) >= 11 is 1.29. The minimum Gasteiger partial charge on any atom is -0.468 e. The molecule has 3 aromatic rings. The second-order valence-electron chi connectivity index (χ2n) is 7.11. The number of amides is 3. The van der Waals surface area contributed by atoms with Crippen molar-refractivity contribution < 1.29 is 23.9 Å². The monoisotopic (exact) mass is 437 g/mol. The molecule has 0 unspecified atom stereocenters. The highest BCUT2D eigenvalue weighted by molar-refractivity contribution is 7.16. The van der Waals surface area contributed by atoms with E-state index in [4.69, 9.17) is 4.74 Å². The molecule has 31 heavy (non-hydrogen) atoms. The molecule has 4 rings (SSSR count). The highest BCUT2D eigenvalue weighted by Crippen LogP contribution is 2.24. The minimum atomic E-state index is -0.539. The highest BCUT2D eigenvalue weighted by atomic mass is 32.1. The molecule has 0 atom stereocenters. The number of aryl methyl sites for hydroxylation is 1. The fraction of sp³-hybridized carbons (Fsp3) is 0.227. The molecule has 158 valence electrons. The number of hydrogen-bond acceptors (Lipinski definition) is 6. The number of aromatic nitrogens is 1. The van der Waals surface area contributed by atoms with E-state index >= 15 is 0 Å². The van der Waals surface area contributed by atoms with E-state index in [1.807, 2.05) is 25.1 Å². The topological polar surface area (TPSA) is 98.0 Å². The lowest BCUT2D eigenvalue weighted by Crippen LogP contribution is -2.28. The first-order valence-electron chi connectivity index (χ1n) is 9.59. The Bertz CT molecular complexity index is 1290. The summed E-state index contributed by atoms with van der Waals surface area (Å²) < 4.78 is 7.31. The van der Waals surface area contributed by atoms with Gasteiger partial charge >= 0.3 is 5.97 Å². The van der Waals surface area contributed by atoms with Crippen molar-refractivity contribution in [3.8, 4) is 0 Å². The molecule has 0 spiro atoms. The Morgan fingerprint density at radius 2 is 1.84 bits per heavy atom. The molecular formula is C22H19N3O5S. The van der Waals surface area contributed by atoms with Gasteiger partial charge in [0, 0.05) is 18.4 Å². The van der Waals surface area contributed by atoms with Gasteiger partial charge in [0.1, 0.15) is 6.54 Å². The van der Waals surface area contributed by atoms with E-state index in [1.165, 1.54) is 24.5 Å². The molecule has 0 aliphatic carbocycles. The van der Waals surface area contributed by atoms with E-state index in [0.29, 0.717) is 10.5 Å². The molecule has 2 heterocycles. The van der Waals surface area contributed by atoms with Crippen LogP contribution in [0.3, 0.4) is 0 Å². The average molecular weight is 437 g/mol. The van der Waals surface area contributed by atoms with Gasteiger partial charge < -0.3 is 9.30 Å². The fourth-order valence-corrected chi connectivity index (χ4v) is 4.53. The molecule has 1 fully saturated rings. The first-order chi connectivity index (χ1) is 14.9. The van der Waals surface area contributed by atoms with Crippen LogP contribution in [0, 0.1) is 6.92 Å². The first-order valence-corrected chi connectivity index (χ1v) is 10.4. The molecule has 1 saturated heterocycles. The van der Waals surface area contributed by atoms with E-state index < -0.39 is 11.9 Å². The third-order valence-corrected chi connectivity index (χ3v) is 5.99. The van der Waals surface area contributed by atoms with E-state index in [2.05, 4.69) is 4.99 Å². The molecule has 1 aromatic heterocycles. The SMILES string of the molecule is COC(=O)Cn1c(=NC(=O)c2cccc(N3C(=O)CCC3=O)c2)sc2cc(C)ccc21. The number of nitrogens with zero attached hydrogens (tertiary/aromatic N) is 3. The Labute approximate surface area is 181 Å². The van der Waals surface area contributed by atoms with Crippen LogP contribution in [0.1, 0.15) is 28.8 Å². The fourth-order valence-electron chi connectivity index (χ4n) is 3.41. The Morgan fingerprint density at radius 3 is 2.55 bits per heavy atom. The summed E-state index contributed by atoms with van der Waals surface area (Å²) in [5, 5.41) is 0. The smallest absolute Gasteiger partial charge is 0.325 e. The molecule has 0 radical (unpaired) electrons. The quantitative estimate of drug-likeness (QED) is 0.462. The standard InChI is InChI=1S/C22H19N3O5S/c1-13-6-7-16-17(10-13)31-22(24(16)12-20(28)30-2)23-21(29)14-4-3-5-15(11-14)25-18(26)8-9-19(25)27/h3-7,10-11H,8-9,12H2,1-2H3. The second kappa shape index (κ2) is 8.27. The van der Waals surface area contributed by atoms with Gasteiger partial charge in [0.25, 0.3) is 5.91 Å². The summed E-state index contributed by atoms with van der Waals surface area (Å²) in [5.41, 5.74) is 2.41. The number of imide groups is 1. The second-order valence-corrected chi connectivity index (χ2v) is 8.12. The summed E-state index contributed by atoms with van der Waals surface area (Å²) in [4.78, 5) is 54.5. The van der Waals surface area contributed by atoms with Crippen LogP contribution in [0.5, 0.6) is 0 Å². The van der Waals surface area contributed by atoms with Gasteiger partial charge in [-0.05, 0) is 42.8 Å². The van der Waals surface area contributed by atoms with Gasteiger partial charge in [0.05, 0.1) is 23.0 Å². The molecule has 1 aliphatic rings. The Morgan fingerprint density at radius 1 is 1.10 bits per heavy atom. The van der Waals surface area contributed by atoms with E-state index in [-0.39, 0.29) is 36.8 Å². The lowest BCUT2D eigenvalue weighted by atomic mass is 10.2. The van der Waals surface area contributed by atoms with Gasteiger partial charge in [0.15, 0.2) is 4.80 Å². The normalized spacial score (nSPS) is 14.5. The molecule has 0 bridgehead atoms. The van der Waals surface area contributed by atoms with Crippen LogP contribution in [0.15, 0.2) is 47.5 Å². The molecule has 0 saturated carbocycles. The molecule has 3 amide bonds. The summed E-state index contributed by atoms with van der Waals surface area (Å²) in [6.45, 7) is 1.88. The number of thiazole rings is 1. The number of anilines is 1. The number of ether oxygens (including phenoxy) is 1. The van der Waals surface area contributed by atoms with Gasteiger partial charge in [-0.2, -0.15) is 4.99 Å². The molecule has 0 N–H and O–H groups in total. The van der Waals surface area contributed by atoms with Crippen molar-refractivity contribution in [3.63, 3.8) is 0 Å². The summed E-state index contributed by atoms with van der Waals surface area (Å²) in [6.07, 6.45) is 0.326. The Balaban J connectivity index is 1.76. The molecule has 2 aromatic carbocycles. The van der Waals surface area contributed by atoms with Crippen LogP contribution < -0.4 is 9.70 Å². The van der Waals surface area contributed by atoms with Crippen LogP contribution in [-0.2, 0) is 25.7 Å². The predicted molar refractivity (Wildman–Crippen MR) is 115 cm³/mol. The zero-order valence-corrected chi connectivity index (χ0v) is 17.8. The Hall–Kier alpha value is -3.59. The van der Waals surface area contributed by atoms with Gasteiger partial charge in [-0.15, -0.1) is 0 Å². The van der Waals surface area contributed by atoms with Gasteiger partial charge in [-0.1, -0.05) is 23.5 Å². The number of fused-ring (bicyclic) bond motifs is 1. The summed E-state index contributed by atoms with van der Waals surface area (Å²) in [6, 6.07) is 12.0. The van der Waals surface area contributed by atoms with Crippen LogP contribution in [0.25, 0.3) is 10.2 Å². The minimum absolute atomic E-state index is 0.0809. The zero-order chi connectivity index (χ0) is 22.1. The number of methoxy groups -OCH3 is 1. The van der Waals surface area contributed by atoms with Gasteiger partial charge in [0.2, 0.25) is 11.8 Å². The third kappa shape index (κ3) is 4.04. The van der Waals surface area contributed by atoms with Crippen molar-refractivity contribution >= 4 is 50.9 Å². The molecule has 9 heteroatoms. The highest BCUT2D eigenvalue weighted by Gasteiger charge is 2.30. The van der Waals surface area contributed by atoms with Crippen LogP contribution >= 0.6 is 11.3 Å². The number of hydrogen-bond donors (Lipinski definition) is 0. The molecule has 1 aliphatic heterocycles. The van der Waals surface area contributed by atoms with Crippen molar-refractivity contribution in [2.45, 2.75) is 26.3 Å². The summed E-state index contributed by atoms with van der Waals surface area (Å²) in [7, 11) is 1.30. The van der Waals surface area contributed by atoms with Crippen molar-refractivity contribution in [2.75, 3.05) is 12.0 Å². The average Bonchev–Trinajstić information content (AvgIpc) is 3.26. The van der Waals surface area contributed by atoms with E-state index in [9.17, 15) is 19.2 Å². The largest absolute Gasteiger partial charge is 0.468 e. The number of benzene rings is 2. The summed E-state index contributed by atoms with van der Waals surface area (Å²) in [5.74, 6) is -1.57. The maximum Gasteiger partial charge on any atom is 0.325 e. The number of carbonyl (C=O) groups excluding carboxylic acids is 4. The van der Waals surface area contributed by atoms with Crippen molar-refractivity contribution in [3.05, 3.63) is 58.4 Å². The maximum atomic E-state index is 12.9. The third-order valence-electron chi connectivity index (χ3n) is 4.95. The first kappa shape index (κ1) is 20.7. The lowest BCUT2D eigenvalue weighted by Gasteiger charge is -2.14. The van der Waals surface area contributed by atoms with Crippen molar-refractivity contribution in [1.82, 2.24) is 4.57 Å². The van der Waals surface area contributed by atoms with Crippen LogP contribution in [-0.4, -0.2) is 35.4 Å². The van der Waals surface area contributed by atoms with E-state index in [1.54, 1.807) is 22.8 Å². The predicted octanol–water partition coefficient (Wildman–Crippen LogP) is 2.58. The number of carbonyl (C=O) groups is 4. The van der Waals surface area contributed by atoms with Gasteiger partial charge in [-0.25, -0.2) is 0 Å². The number of rotatable bonds is 4. The van der Waals surface area contributed by atoms with Gasteiger partial charge in [-0.3, -0.25) is 24.1 Å². The van der Waals surface area contributed by atoms with E-state index in [0.717, 1.165) is 20.7 Å². The lowest BCUT2D eigenvalue weighted by molar-refractivity contribution is -0.141. The molecule has 8 nitrogen and oxygen atoms in total. The maximum absolute atomic E-state index is 12.9. The van der Waals surface area contributed by atoms with Crippen LogP contribution in [0.2, 0.25) is 0 Å². The number of esters is 1. The van der Waals surface area contributed by atoms with Crippen LogP contribution in [0.4, 0.5) is 5.69 Å². The van der Waals surface area contributed by atoms with Crippen molar-refractivity contribution in [2.24, 2.45) is 4.99 Å². The Kier molecular flexibility index (Phi) is 5.51. The van der Waals surface area contributed by atoms with Crippen molar-refractivity contribution in [1.29, 1.82) is 0 Å². The molecular weight excluding hydrogens is 418 g/mol.